The summed E-state index contributed by atoms with van der Waals surface area (Å²) in [5.41, 5.74) is 5.85. The zero-order chi connectivity index (χ0) is 19.8. The molecule has 28 heavy (non-hydrogen) atoms. The quantitative estimate of drug-likeness (QED) is 0.677. The maximum absolute atomic E-state index is 13.9. The van der Waals surface area contributed by atoms with Crippen molar-refractivity contribution in [2.75, 3.05) is 13.7 Å². The molecule has 1 aliphatic rings. The summed E-state index contributed by atoms with van der Waals surface area (Å²) in [6.07, 6.45) is 0.844. The first kappa shape index (κ1) is 18.6. The lowest BCUT2D eigenvalue weighted by Crippen LogP contribution is -2.15. The predicted molar refractivity (Wildman–Crippen MR) is 106 cm³/mol. The van der Waals surface area contributed by atoms with E-state index in [1.54, 1.807) is 12.1 Å². The summed E-state index contributed by atoms with van der Waals surface area (Å²) in [6.45, 7) is 7.38. The third-order valence-corrected chi connectivity index (χ3v) is 5.02. The second-order valence-corrected chi connectivity index (χ2v) is 7.26. The summed E-state index contributed by atoms with van der Waals surface area (Å²) in [5, 5.41) is 0. The van der Waals surface area contributed by atoms with Crippen LogP contribution in [-0.4, -0.2) is 34.4 Å². The number of hydrogen-bond donors (Lipinski definition) is 0. The lowest BCUT2D eigenvalue weighted by molar-refractivity contribution is 0.0666. The van der Waals surface area contributed by atoms with Crippen molar-refractivity contribution in [2.45, 2.75) is 39.8 Å². The summed E-state index contributed by atoms with van der Waals surface area (Å²) in [6, 6.07) is 8.98. The molecule has 0 spiro atoms. The van der Waals surface area contributed by atoms with Gasteiger partial charge in [0.2, 0.25) is 0 Å². The van der Waals surface area contributed by atoms with Gasteiger partial charge in [0.15, 0.2) is 11.6 Å². The molecule has 0 aliphatic carbocycles. The van der Waals surface area contributed by atoms with Crippen molar-refractivity contribution in [3.63, 3.8) is 0 Å². The summed E-state index contributed by atoms with van der Waals surface area (Å²) >= 11 is 0. The molecular formula is C22H24FN3O2. The SMILES string of the molecule is COc1cc(-c2nc(-c3cc(C)nc(C)c3)c3n2C[C@@H](C)OCC3)ccc1F. The Labute approximate surface area is 164 Å². The van der Waals surface area contributed by atoms with Gasteiger partial charge in [0.25, 0.3) is 0 Å². The molecule has 6 heteroatoms. The number of methoxy groups -OCH3 is 1. The fraction of sp³-hybridized carbons (Fsp3) is 0.364. The van der Waals surface area contributed by atoms with Crippen molar-refractivity contribution >= 4 is 0 Å². The number of aromatic nitrogens is 3. The van der Waals surface area contributed by atoms with Gasteiger partial charge in [-0.3, -0.25) is 4.98 Å². The first-order valence-electron chi connectivity index (χ1n) is 9.47. The number of aryl methyl sites for hydroxylation is 2. The fourth-order valence-electron chi connectivity index (χ4n) is 3.82. The van der Waals surface area contributed by atoms with Crippen LogP contribution in [-0.2, 0) is 17.7 Å². The summed E-state index contributed by atoms with van der Waals surface area (Å²) in [7, 11) is 1.47. The van der Waals surface area contributed by atoms with Crippen molar-refractivity contribution in [2.24, 2.45) is 0 Å². The molecule has 0 bridgehead atoms. The van der Waals surface area contributed by atoms with E-state index in [1.807, 2.05) is 13.8 Å². The summed E-state index contributed by atoms with van der Waals surface area (Å²) in [5.74, 6) is 0.629. The monoisotopic (exact) mass is 381 g/mol. The standard InChI is InChI=1S/C22H24FN3O2/c1-13-9-17(10-14(2)24-13)21-19-7-8-28-15(3)12-26(19)22(25-21)16-5-6-18(23)20(11-16)27-4/h5-6,9-11,15H,7-8,12H2,1-4H3/t15-/m1/s1. The average molecular weight is 381 g/mol. The van der Waals surface area contributed by atoms with Crippen LogP contribution in [0.2, 0.25) is 0 Å². The van der Waals surface area contributed by atoms with Crippen LogP contribution in [0.5, 0.6) is 5.75 Å². The van der Waals surface area contributed by atoms with E-state index < -0.39 is 0 Å². The highest BCUT2D eigenvalue weighted by Crippen LogP contribution is 2.34. The Morgan fingerprint density at radius 2 is 1.86 bits per heavy atom. The van der Waals surface area contributed by atoms with Gasteiger partial charge in [-0.15, -0.1) is 0 Å². The Hall–Kier alpha value is -2.73. The van der Waals surface area contributed by atoms with Crippen LogP contribution in [0, 0.1) is 19.7 Å². The van der Waals surface area contributed by atoms with Gasteiger partial charge in [0.1, 0.15) is 5.82 Å². The maximum Gasteiger partial charge on any atom is 0.165 e. The van der Waals surface area contributed by atoms with Gasteiger partial charge in [-0.05, 0) is 51.1 Å². The highest BCUT2D eigenvalue weighted by Gasteiger charge is 2.24. The third-order valence-electron chi connectivity index (χ3n) is 5.02. The van der Waals surface area contributed by atoms with Gasteiger partial charge in [-0.2, -0.15) is 0 Å². The van der Waals surface area contributed by atoms with Crippen molar-refractivity contribution < 1.29 is 13.9 Å². The van der Waals surface area contributed by atoms with Crippen molar-refractivity contribution in [3.05, 3.63) is 53.2 Å². The minimum Gasteiger partial charge on any atom is -0.494 e. The second-order valence-electron chi connectivity index (χ2n) is 7.26. The number of benzene rings is 1. The molecule has 0 amide bonds. The number of nitrogens with zero attached hydrogens (tertiary/aromatic N) is 3. The highest BCUT2D eigenvalue weighted by atomic mass is 19.1. The van der Waals surface area contributed by atoms with Crippen LogP contribution in [0.3, 0.4) is 0 Å². The number of imidazole rings is 1. The number of hydrogen-bond acceptors (Lipinski definition) is 4. The number of fused-ring (bicyclic) bond motifs is 1. The molecule has 2 aromatic heterocycles. The minimum atomic E-state index is -0.383. The largest absolute Gasteiger partial charge is 0.494 e. The van der Waals surface area contributed by atoms with Crippen molar-refractivity contribution in [1.29, 1.82) is 0 Å². The van der Waals surface area contributed by atoms with Gasteiger partial charge in [-0.1, -0.05) is 0 Å². The number of pyridine rings is 1. The summed E-state index contributed by atoms with van der Waals surface area (Å²) in [4.78, 5) is 9.48. The molecule has 3 heterocycles. The Morgan fingerprint density at radius 3 is 2.57 bits per heavy atom. The Kier molecular flexibility index (Phi) is 4.89. The van der Waals surface area contributed by atoms with E-state index in [0.717, 1.165) is 46.1 Å². The van der Waals surface area contributed by atoms with Gasteiger partial charge in [-0.25, -0.2) is 9.37 Å². The topological polar surface area (TPSA) is 49.2 Å². The number of ether oxygens (including phenoxy) is 2. The van der Waals surface area contributed by atoms with Gasteiger partial charge in [0.05, 0.1) is 32.1 Å². The van der Waals surface area contributed by atoms with Crippen LogP contribution in [0.25, 0.3) is 22.6 Å². The zero-order valence-electron chi connectivity index (χ0n) is 16.6. The van der Waals surface area contributed by atoms with Crippen LogP contribution in [0.15, 0.2) is 30.3 Å². The maximum atomic E-state index is 13.9. The van der Waals surface area contributed by atoms with E-state index in [4.69, 9.17) is 14.5 Å². The normalized spacial score (nSPS) is 16.5. The van der Waals surface area contributed by atoms with E-state index in [1.165, 1.54) is 13.2 Å². The highest BCUT2D eigenvalue weighted by molar-refractivity contribution is 5.69. The Bertz CT molecular complexity index is 1010. The molecule has 5 nitrogen and oxygen atoms in total. The average Bonchev–Trinajstić information content (AvgIpc) is 2.88. The van der Waals surface area contributed by atoms with E-state index in [-0.39, 0.29) is 17.7 Å². The lowest BCUT2D eigenvalue weighted by Gasteiger charge is -2.13. The number of rotatable bonds is 3. The van der Waals surface area contributed by atoms with E-state index in [2.05, 4.69) is 28.6 Å². The van der Waals surface area contributed by atoms with Crippen LogP contribution in [0.4, 0.5) is 4.39 Å². The van der Waals surface area contributed by atoms with E-state index in [9.17, 15) is 4.39 Å². The van der Waals surface area contributed by atoms with Crippen molar-refractivity contribution in [1.82, 2.24) is 14.5 Å². The van der Waals surface area contributed by atoms with Gasteiger partial charge in [0, 0.05) is 34.6 Å². The molecule has 0 radical (unpaired) electrons. The minimum absolute atomic E-state index is 0.0744. The van der Waals surface area contributed by atoms with E-state index >= 15 is 0 Å². The Morgan fingerprint density at radius 1 is 1.11 bits per heavy atom. The Balaban J connectivity index is 1.93. The molecule has 0 fully saturated rings. The molecule has 4 rings (SSSR count). The molecule has 1 aliphatic heterocycles. The molecule has 1 aromatic carbocycles. The predicted octanol–water partition coefficient (Wildman–Crippen LogP) is 4.34. The molecule has 3 aromatic rings. The summed E-state index contributed by atoms with van der Waals surface area (Å²) < 4.78 is 27.2. The molecule has 146 valence electrons. The third kappa shape index (κ3) is 3.40. The zero-order valence-corrected chi connectivity index (χ0v) is 16.6. The fourth-order valence-corrected chi connectivity index (χ4v) is 3.82. The van der Waals surface area contributed by atoms with E-state index in [0.29, 0.717) is 13.2 Å². The molecule has 1 atom stereocenters. The lowest BCUT2D eigenvalue weighted by atomic mass is 10.1. The van der Waals surface area contributed by atoms with Crippen LogP contribution in [0.1, 0.15) is 24.0 Å². The first-order chi connectivity index (χ1) is 13.5. The first-order valence-corrected chi connectivity index (χ1v) is 9.47. The van der Waals surface area contributed by atoms with Crippen molar-refractivity contribution in [3.8, 4) is 28.4 Å². The molecule has 0 unspecified atom stereocenters. The molecular weight excluding hydrogens is 357 g/mol. The second kappa shape index (κ2) is 7.36. The number of halogens is 1. The molecule has 0 saturated carbocycles. The van der Waals surface area contributed by atoms with Gasteiger partial charge < -0.3 is 14.0 Å². The molecule has 0 saturated heterocycles. The smallest absolute Gasteiger partial charge is 0.165 e. The molecule has 0 N–H and O–H groups in total. The van der Waals surface area contributed by atoms with Gasteiger partial charge >= 0.3 is 0 Å². The van der Waals surface area contributed by atoms with Crippen LogP contribution >= 0.6 is 0 Å². The van der Waals surface area contributed by atoms with Crippen LogP contribution < -0.4 is 4.74 Å².